The predicted molar refractivity (Wildman–Crippen MR) is 78.3 cm³/mol. The van der Waals surface area contributed by atoms with Crippen LogP contribution in [-0.4, -0.2) is 23.0 Å². The summed E-state index contributed by atoms with van der Waals surface area (Å²) in [5.41, 5.74) is 0. The topological polar surface area (TPSA) is 32.3 Å². The molecule has 0 aromatic carbocycles. The van der Waals surface area contributed by atoms with Gasteiger partial charge in [-0.25, -0.2) is 4.79 Å². The van der Waals surface area contributed by atoms with Crippen LogP contribution < -0.4 is 5.32 Å². The van der Waals surface area contributed by atoms with Crippen LogP contribution in [0.4, 0.5) is 4.79 Å². The smallest absolute Gasteiger partial charge is 0.318 e. The van der Waals surface area contributed by atoms with E-state index in [2.05, 4.69) is 22.8 Å². The van der Waals surface area contributed by atoms with Crippen LogP contribution in [0.3, 0.4) is 0 Å². The first kappa shape index (κ1) is 13.0. The first-order chi connectivity index (χ1) is 9.33. The molecule has 1 aromatic rings. The highest BCUT2D eigenvalue weighted by molar-refractivity contribution is 7.09. The van der Waals surface area contributed by atoms with Gasteiger partial charge < -0.3 is 10.2 Å². The molecule has 0 bridgehead atoms. The van der Waals surface area contributed by atoms with Crippen LogP contribution in [-0.2, 0) is 6.54 Å². The van der Waals surface area contributed by atoms with Gasteiger partial charge >= 0.3 is 6.03 Å². The van der Waals surface area contributed by atoms with E-state index in [0.29, 0.717) is 12.1 Å². The minimum Gasteiger partial charge on any atom is -0.335 e. The van der Waals surface area contributed by atoms with Crippen LogP contribution in [0.15, 0.2) is 17.5 Å². The van der Waals surface area contributed by atoms with Crippen LogP contribution in [0, 0.1) is 0 Å². The van der Waals surface area contributed by atoms with Crippen LogP contribution >= 0.6 is 11.3 Å². The summed E-state index contributed by atoms with van der Waals surface area (Å²) < 4.78 is 0. The SMILES string of the molecule is O=C(NC1CCCCC1)N(Cc1cccs1)C1CC1. The van der Waals surface area contributed by atoms with Gasteiger partial charge in [0, 0.05) is 17.0 Å². The van der Waals surface area contributed by atoms with Gasteiger partial charge in [0.1, 0.15) is 0 Å². The maximum absolute atomic E-state index is 12.4. The van der Waals surface area contributed by atoms with Gasteiger partial charge in [-0.05, 0) is 37.1 Å². The Morgan fingerprint density at radius 3 is 2.68 bits per heavy atom. The molecule has 0 aliphatic heterocycles. The lowest BCUT2D eigenvalue weighted by molar-refractivity contribution is 0.185. The molecule has 2 aliphatic carbocycles. The van der Waals surface area contributed by atoms with Crippen molar-refractivity contribution in [1.29, 1.82) is 0 Å². The second kappa shape index (κ2) is 5.95. The van der Waals surface area contributed by atoms with Crippen LogP contribution in [0.25, 0.3) is 0 Å². The molecule has 19 heavy (non-hydrogen) atoms. The number of hydrogen-bond acceptors (Lipinski definition) is 2. The molecule has 0 unspecified atom stereocenters. The molecule has 3 nitrogen and oxygen atoms in total. The van der Waals surface area contributed by atoms with Gasteiger partial charge in [-0.15, -0.1) is 11.3 Å². The standard InChI is InChI=1S/C15H22N2OS/c18-15(16-12-5-2-1-3-6-12)17(13-8-9-13)11-14-7-4-10-19-14/h4,7,10,12-13H,1-3,5-6,8-9,11H2,(H,16,18). The summed E-state index contributed by atoms with van der Waals surface area (Å²) >= 11 is 1.74. The van der Waals surface area contributed by atoms with Gasteiger partial charge in [0.25, 0.3) is 0 Å². The van der Waals surface area contributed by atoms with E-state index in [4.69, 9.17) is 0 Å². The molecule has 1 heterocycles. The van der Waals surface area contributed by atoms with Crippen molar-refractivity contribution in [2.75, 3.05) is 0 Å². The summed E-state index contributed by atoms with van der Waals surface area (Å²) in [6.45, 7) is 0.779. The number of rotatable bonds is 4. The molecule has 2 saturated carbocycles. The van der Waals surface area contributed by atoms with Gasteiger partial charge in [0.05, 0.1) is 6.54 Å². The highest BCUT2D eigenvalue weighted by atomic mass is 32.1. The van der Waals surface area contributed by atoms with E-state index in [1.165, 1.54) is 37.0 Å². The summed E-state index contributed by atoms with van der Waals surface area (Å²) in [5, 5.41) is 5.33. The third-order valence-corrected chi connectivity index (χ3v) is 4.95. The van der Waals surface area contributed by atoms with Crippen LogP contribution in [0.5, 0.6) is 0 Å². The summed E-state index contributed by atoms with van der Waals surface area (Å²) in [5.74, 6) is 0. The molecule has 2 aliphatic rings. The lowest BCUT2D eigenvalue weighted by Crippen LogP contribution is -2.46. The normalized spacial score (nSPS) is 20.2. The van der Waals surface area contributed by atoms with Gasteiger partial charge in [-0.1, -0.05) is 25.3 Å². The Bertz CT molecular complexity index is 408. The second-order valence-corrected chi connectivity index (χ2v) is 6.76. The Morgan fingerprint density at radius 1 is 1.26 bits per heavy atom. The number of nitrogens with one attached hydrogen (secondary N) is 1. The highest BCUT2D eigenvalue weighted by Gasteiger charge is 2.33. The maximum Gasteiger partial charge on any atom is 0.318 e. The van der Waals surface area contributed by atoms with Gasteiger partial charge in [0.2, 0.25) is 0 Å². The molecule has 2 fully saturated rings. The molecular weight excluding hydrogens is 256 g/mol. The Morgan fingerprint density at radius 2 is 2.05 bits per heavy atom. The number of carbonyl (C=O) groups excluding carboxylic acids is 1. The van der Waals surface area contributed by atoms with E-state index in [1.807, 2.05) is 4.90 Å². The molecule has 0 saturated heterocycles. The van der Waals surface area contributed by atoms with E-state index in [1.54, 1.807) is 11.3 Å². The zero-order chi connectivity index (χ0) is 13.1. The molecule has 2 amide bonds. The van der Waals surface area contributed by atoms with E-state index in [0.717, 1.165) is 19.4 Å². The largest absolute Gasteiger partial charge is 0.335 e. The Balaban J connectivity index is 1.57. The molecule has 0 spiro atoms. The van der Waals surface area contributed by atoms with Gasteiger partial charge in [-0.3, -0.25) is 0 Å². The number of carbonyl (C=O) groups is 1. The third kappa shape index (κ3) is 3.50. The van der Waals surface area contributed by atoms with Crippen LogP contribution in [0.1, 0.15) is 49.8 Å². The number of nitrogens with zero attached hydrogens (tertiary/aromatic N) is 1. The predicted octanol–water partition coefficient (Wildman–Crippen LogP) is 3.75. The molecular formula is C15H22N2OS. The summed E-state index contributed by atoms with van der Waals surface area (Å²) in [7, 11) is 0. The lowest BCUT2D eigenvalue weighted by atomic mass is 9.96. The van der Waals surface area contributed by atoms with Crippen molar-refractivity contribution in [3.8, 4) is 0 Å². The van der Waals surface area contributed by atoms with Crippen molar-refractivity contribution in [1.82, 2.24) is 10.2 Å². The number of hydrogen-bond donors (Lipinski definition) is 1. The molecule has 0 atom stereocenters. The third-order valence-electron chi connectivity index (χ3n) is 4.09. The lowest BCUT2D eigenvalue weighted by Gasteiger charge is -2.28. The van der Waals surface area contributed by atoms with Crippen LogP contribution in [0.2, 0.25) is 0 Å². The Hall–Kier alpha value is -1.03. The minimum absolute atomic E-state index is 0.155. The van der Waals surface area contributed by atoms with E-state index in [9.17, 15) is 4.79 Å². The molecule has 4 heteroatoms. The Labute approximate surface area is 119 Å². The summed E-state index contributed by atoms with van der Waals surface area (Å²) in [6, 6.07) is 5.22. The van der Waals surface area contributed by atoms with Crippen molar-refractivity contribution in [3.05, 3.63) is 22.4 Å². The molecule has 104 valence electrons. The number of urea groups is 1. The fourth-order valence-corrected chi connectivity index (χ4v) is 3.53. The van der Waals surface area contributed by atoms with Gasteiger partial charge in [-0.2, -0.15) is 0 Å². The molecule has 3 rings (SSSR count). The average molecular weight is 278 g/mol. The highest BCUT2D eigenvalue weighted by Crippen LogP contribution is 2.29. The first-order valence-electron chi connectivity index (χ1n) is 7.42. The minimum atomic E-state index is 0.155. The quantitative estimate of drug-likeness (QED) is 0.893. The van der Waals surface area contributed by atoms with E-state index < -0.39 is 0 Å². The molecule has 0 radical (unpaired) electrons. The van der Waals surface area contributed by atoms with Gasteiger partial charge in [0.15, 0.2) is 0 Å². The Kier molecular flexibility index (Phi) is 4.06. The van der Waals surface area contributed by atoms with Crippen molar-refractivity contribution >= 4 is 17.4 Å². The number of thiophene rings is 1. The monoisotopic (exact) mass is 278 g/mol. The molecule has 1 N–H and O–H groups in total. The zero-order valence-corrected chi connectivity index (χ0v) is 12.1. The fraction of sp³-hybridized carbons (Fsp3) is 0.667. The van der Waals surface area contributed by atoms with Crippen molar-refractivity contribution in [2.45, 2.75) is 63.6 Å². The molecule has 1 aromatic heterocycles. The average Bonchev–Trinajstić information content (AvgIpc) is 3.14. The maximum atomic E-state index is 12.4. The van der Waals surface area contributed by atoms with E-state index in [-0.39, 0.29) is 6.03 Å². The zero-order valence-electron chi connectivity index (χ0n) is 11.3. The van der Waals surface area contributed by atoms with Crippen molar-refractivity contribution in [3.63, 3.8) is 0 Å². The van der Waals surface area contributed by atoms with E-state index >= 15 is 0 Å². The second-order valence-electron chi connectivity index (χ2n) is 5.72. The summed E-state index contributed by atoms with van der Waals surface area (Å²) in [4.78, 5) is 15.8. The number of amides is 2. The fourth-order valence-electron chi connectivity index (χ4n) is 2.83. The first-order valence-corrected chi connectivity index (χ1v) is 8.30. The van der Waals surface area contributed by atoms with Crippen molar-refractivity contribution in [2.24, 2.45) is 0 Å². The summed E-state index contributed by atoms with van der Waals surface area (Å²) in [6.07, 6.45) is 8.51. The van der Waals surface area contributed by atoms with Crippen molar-refractivity contribution < 1.29 is 4.79 Å².